The number of nitrogens with one attached hydrogen (secondary N) is 1. The SMILES string of the molecule is COc1nc(C)nc(N2C(/N=C/c3ccccc3Cl)=NNC23CCN(C)CC3)n1. The van der Waals surface area contributed by atoms with Crippen LogP contribution in [0.3, 0.4) is 0 Å². The zero-order chi connectivity index (χ0) is 20.4. The average molecular weight is 415 g/mol. The number of aryl methyl sites for hydroxylation is 1. The molecule has 4 rings (SSSR count). The van der Waals surface area contributed by atoms with Crippen molar-refractivity contribution in [2.75, 3.05) is 32.1 Å². The van der Waals surface area contributed by atoms with E-state index in [-0.39, 0.29) is 6.01 Å². The van der Waals surface area contributed by atoms with E-state index < -0.39 is 5.66 Å². The minimum atomic E-state index is -0.446. The van der Waals surface area contributed by atoms with Gasteiger partial charge in [0, 0.05) is 42.7 Å². The minimum absolute atomic E-state index is 0.261. The first kappa shape index (κ1) is 19.5. The number of rotatable bonds is 3. The van der Waals surface area contributed by atoms with Gasteiger partial charge >= 0.3 is 6.01 Å². The Balaban J connectivity index is 1.73. The van der Waals surface area contributed by atoms with Crippen molar-refractivity contribution in [2.24, 2.45) is 10.1 Å². The molecule has 9 nitrogen and oxygen atoms in total. The van der Waals surface area contributed by atoms with E-state index in [1.807, 2.05) is 36.1 Å². The number of anilines is 1. The van der Waals surface area contributed by atoms with Gasteiger partial charge in [-0.15, -0.1) is 5.10 Å². The molecule has 0 atom stereocenters. The Morgan fingerprint density at radius 2 is 1.97 bits per heavy atom. The third-order valence-corrected chi connectivity index (χ3v) is 5.47. The van der Waals surface area contributed by atoms with E-state index in [1.165, 1.54) is 7.11 Å². The van der Waals surface area contributed by atoms with E-state index in [1.54, 1.807) is 6.21 Å². The number of methoxy groups -OCH3 is 1. The number of guanidine groups is 1. The molecule has 1 N–H and O–H groups in total. The molecule has 1 aromatic heterocycles. The number of hydrogen-bond acceptors (Lipinski definition) is 9. The van der Waals surface area contributed by atoms with Gasteiger partial charge in [-0.2, -0.15) is 15.0 Å². The maximum absolute atomic E-state index is 6.27. The highest BCUT2D eigenvalue weighted by Crippen LogP contribution is 2.33. The van der Waals surface area contributed by atoms with Crippen LogP contribution < -0.4 is 15.1 Å². The van der Waals surface area contributed by atoms with Crippen LogP contribution in [0.2, 0.25) is 5.02 Å². The first-order valence-corrected chi connectivity index (χ1v) is 9.77. The Hall–Kier alpha value is -2.78. The molecule has 0 saturated carbocycles. The van der Waals surface area contributed by atoms with Crippen LogP contribution in [-0.2, 0) is 0 Å². The van der Waals surface area contributed by atoms with Gasteiger partial charge in [-0.3, -0.25) is 10.3 Å². The van der Waals surface area contributed by atoms with E-state index in [4.69, 9.17) is 16.3 Å². The van der Waals surface area contributed by atoms with Gasteiger partial charge < -0.3 is 9.64 Å². The molecule has 0 radical (unpaired) electrons. The standard InChI is InChI=1S/C19H23ClN8O/c1-13-22-17(24-18(23-13)29-3)28-16(21-12-14-6-4-5-7-15(14)20)25-26-19(28)8-10-27(2)11-9-19/h4-7,12,26H,8-11H2,1-3H3/b21-12+. The second-order valence-electron chi connectivity index (χ2n) is 7.14. The van der Waals surface area contributed by atoms with E-state index in [9.17, 15) is 0 Å². The van der Waals surface area contributed by atoms with Crippen molar-refractivity contribution in [1.82, 2.24) is 25.3 Å². The van der Waals surface area contributed by atoms with Crippen molar-refractivity contribution >= 4 is 29.7 Å². The fourth-order valence-electron chi connectivity index (χ4n) is 3.48. The van der Waals surface area contributed by atoms with Crippen molar-refractivity contribution in [2.45, 2.75) is 25.4 Å². The lowest BCUT2D eigenvalue weighted by Crippen LogP contribution is -2.60. The van der Waals surface area contributed by atoms with Gasteiger partial charge in [0.25, 0.3) is 5.96 Å². The van der Waals surface area contributed by atoms with Gasteiger partial charge in [-0.05, 0) is 20.0 Å². The highest BCUT2D eigenvalue weighted by atomic mass is 35.5. The van der Waals surface area contributed by atoms with Gasteiger partial charge in [0.2, 0.25) is 5.95 Å². The molecule has 0 bridgehead atoms. The topological polar surface area (TPSA) is 91.1 Å². The zero-order valence-corrected chi connectivity index (χ0v) is 17.4. The average Bonchev–Trinajstić information content (AvgIpc) is 3.07. The first-order valence-electron chi connectivity index (χ1n) is 9.40. The van der Waals surface area contributed by atoms with Crippen LogP contribution in [0.15, 0.2) is 34.4 Å². The number of nitrogens with zero attached hydrogens (tertiary/aromatic N) is 7. The molecule has 29 heavy (non-hydrogen) atoms. The quantitative estimate of drug-likeness (QED) is 0.768. The highest BCUT2D eigenvalue weighted by Gasteiger charge is 2.47. The van der Waals surface area contributed by atoms with E-state index >= 15 is 0 Å². The van der Waals surface area contributed by atoms with Crippen LogP contribution in [0.25, 0.3) is 0 Å². The summed E-state index contributed by atoms with van der Waals surface area (Å²) < 4.78 is 5.26. The molecule has 1 saturated heterocycles. The molecule has 2 aromatic rings. The normalized spacial score (nSPS) is 18.9. The summed E-state index contributed by atoms with van der Waals surface area (Å²) in [6.45, 7) is 3.64. The van der Waals surface area contributed by atoms with Crippen LogP contribution in [0.5, 0.6) is 6.01 Å². The number of ether oxygens (including phenoxy) is 1. The Bertz CT molecular complexity index is 955. The molecular weight excluding hydrogens is 392 g/mol. The summed E-state index contributed by atoms with van der Waals surface area (Å²) in [5.41, 5.74) is 3.66. The number of aromatic nitrogens is 3. The van der Waals surface area contributed by atoms with Gasteiger partial charge in [0.05, 0.1) is 7.11 Å². The van der Waals surface area contributed by atoms with Crippen molar-refractivity contribution in [1.29, 1.82) is 0 Å². The number of hydrazone groups is 1. The highest BCUT2D eigenvalue weighted by molar-refractivity contribution is 6.33. The number of piperidine rings is 1. The number of aliphatic imine (C=N–C) groups is 1. The molecule has 1 fully saturated rings. The molecule has 0 aliphatic carbocycles. The number of likely N-dealkylation sites (tertiary alicyclic amines) is 1. The summed E-state index contributed by atoms with van der Waals surface area (Å²) in [5, 5.41) is 5.14. The molecular formula is C19H23ClN8O. The molecule has 1 aromatic carbocycles. The van der Waals surface area contributed by atoms with Crippen LogP contribution in [0, 0.1) is 6.92 Å². The predicted octanol–water partition coefficient (Wildman–Crippen LogP) is 2.06. The van der Waals surface area contributed by atoms with Crippen molar-refractivity contribution in [3.05, 3.63) is 40.7 Å². The molecule has 10 heteroatoms. The molecule has 1 spiro atoms. The lowest BCUT2D eigenvalue weighted by atomic mass is 9.96. The van der Waals surface area contributed by atoms with Gasteiger partial charge in [-0.1, -0.05) is 29.8 Å². The van der Waals surface area contributed by atoms with E-state index in [2.05, 4.69) is 42.4 Å². The lowest BCUT2D eigenvalue weighted by molar-refractivity contribution is 0.171. The second kappa shape index (κ2) is 7.92. The minimum Gasteiger partial charge on any atom is -0.467 e. The van der Waals surface area contributed by atoms with E-state index in [0.717, 1.165) is 31.5 Å². The maximum atomic E-state index is 6.27. The van der Waals surface area contributed by atoms with Crippen molar-refractivity contribution < 1.29 is 4.74 Å². The fourth-order valence-corrected chi connectivity index (χ4v) is 3.66. The third kappa shape index (κ3) is 3.88. The molecule has 2 aliphatic heterocycles. The summed E-state index contributed by atoms with van der Waals surface area (Å²) in [7, 11) is 3.65. The summed E-state index contributed by atoms with van der Waals surface area (Å²) in [6.07, 6.45) is 3.38. The zero-order valence-electron chi connectivity index (χ0n) is 16.6. The Labute approximate surface area is 174 Å². The van der Waals surface area contributed by atoms with Crippen molar-refractivity contribution in [3.8, 4) is 6.01 Å². The fraction of sp³-hybridized carbons (Fsp3) is 0.421. The predicted molar refractivity (Wildman–Crippen MR) is 113 cm³/mol. The smallest absolute Gasteiger partial charge is 0.321 e. The summed E-state index contributed by atoms with van der Waals surface area (Å²) in [4.78, 5) is 22.1. The third-order valence-electron chi connectivity index (χ3n) is 5.13. The van der Waals surface area contributed by atoms with Gasteiger partial charge in [-0.25, -0.2) is 4.99 Å². The molecule has 3 heterocycles. The van der Waals surface area contributed by atoms with Crippen LogP contribution >= 0.6 is 11.6 Å². The second-order valence-corrected chi connectivity index (χ2v) is 7.55. The van der Waals surface area contributed by atoms with Gasteiger partial charge in [0.1, 0.15) is 11.5 Å². The Morgan fingerprint density at radius 1 is 1.21 bits per heavy atom. The first-order chi connectivity index (χ1) is 14.0. The Kier molecular flexibility index (Phi) is 5.33. The molecule has 2 aliphatic rings. The monoisotopic (exact) mass is 414 g/mol. The van der Waals surface area contributed by atoms with Gasteiger partial charge in [0.15, 0.2) is 0 Å². The molecule has 152 valence electrons. The van der Waals surface area contributed by atoms with Crippen LogP contribution in [0.1, 0.15) is 24.2 Å². The molecule has 0 unspecified atom stereocenters. The summed E-state index contributed by atoms with van der Waals surface area (Å²) >= 11 is 6.27. The lowest BCUT2D eigenvalue weighted by Gasteiger charge is -2.42. The van der Waals surface area contributed by atoms with Crippen LogP contribution in [0.4, 0.5) is 5.95 Å². The van der Waals surface area contributed by atoms with Crippen LogP contribution in [-0.4, -0.2) is 64.9 Å². The maximum Gasteiger partial charge on any atom is 0.321 e. The summed E-state index contributed by atoms with van der Waals surface area (Å²) in [5.74, 6) is 1.50. The number of hydrogen-bond donors (Lipinski definition) is 1. The summed E-state index contributed by atoms with van der Waals surface area (Å²) in [6, 6.07) is 7.79. The molecule has 0 amide bonds. The number of halogens is 1. The largest absolute Gasteiger partial charge is 0.467 e. The Morgan fingerprint density at radius 3 is 2.69 bits per heavy atom. The number of benzene rings is 1. The van der Waals surface area contributed by atoms with E-state index in [0.29, 0.717) is 22.8 Å². The van der Waals surface area contributed by atoms with Crippen molar-refractivity contribution in [3.63, 3.8) is 0 Å².